The van der Waals surface area contributed by atoms with Crippen LogP contribution >= 0.6 is 0 Å². The molecule has 1 aromatic rings. The van der Waals surface area contributed by atoms with Gasteiger partial charge in [0, 0.05) is 12.5 Å². The van der Waals surface area contributed by atoms with Crippen LogP contribution in [-0.4, -0.2) is 19.0 Å². The van der Waals surface area contributed by atoms with Gasteiger partial charge in [-0.25, -0.2) is 0 Å². The lowest BCUT2D eigenvalue weighted by Crippen LogP contribution is -2.37. The van der Waals surface area contributed by atoms with E-state index in [0.717, 1.165) is 45.1 Å². The zero-order valence-electron chi connectivity index (χ0n) is 13.1. The summed E-state index contributed by atoms with van der Waals surface area (Å²) in [4.78, 5) is 12.4. The zero-order chi connectivity index (χ0) is 15.1. The number of nitrogens with one attached hydrogen (secondary N) is 1. The van der Waals surface area contributed by atoms with E-state index in [-0.39, 0.29) is 11.8 Å². The van der Waals surface area contributed by atoms with Crippen LogP contribution in [0.4, 0.5) is 0 Å². The number of hydrogen-bond donors (Lipinski definition) is 2. The first kappa shape index (κ1) is 16.0. The van der Waals surface area contributed by atoms with Gasteiger partial charge in [-0.15, -0.1) is 0 Å². The molecule has 116 valence electrons. The fraction of sp³-hybridized carbons (Fsp3) is 0.611. The van der Waals surface area contributed by atoms with Gasteiger partial charge in [-0.05, 0) is 55.7 Å². The Hall–Kier alpha value is -1.35. The second-order valence-electron chi connectivity index (χ2n) is 6.19. The molecule has 0 spiro atoms. The van der Waals surface area contributed by atoms with Crippen molar-refractivity contribution in [3.05, 3.63) is 35.4 Å². The summed E-state index contributed by atoms with van der Waals surface area (Å²) >= 11 is 0. The molecule has 1 aliphatic rings. The summed E-state index contributed by atoms with van der Waals surface area (Å²) in [6.07, 6.45) is 6.18. The Labute approximate surface area is 128 Å². The van der Waals surface area contributed by atoms with E-state index < -0.39 is 0 Å². The molecule has 0 saturated carbocycles. The standard InChI is InChI=1S/C18H28N2O/c1-2-5-14(10-11-19)13-20-18(21)17-9-8-15-6-3-4-7-16(15)12-17/h3-4,6-7,14,17H,2,5,8-13,19H2,1H3,(H,20,21). The number of hydrogen-bond acceptors (Lipinski definition) is 2. The van der Waals surface area contributed by atoms with Gasteiger partial charge >= 0.3 is 0 Å². The summed E-state index contributed by atoms with van der Waals surface area (Å²) in [5, 5.41) is 3.16. The number of carbonyl (C=O) groups excluding carboxylic acids is 1. The van der Waals surface area contributed by atoms with E-state index in [2.05, 4.69) is 36.5 Å². The molecule has 0 aromatic heterocycles. The van der Waals surface area contributed by atoms with Gasteiger partial charge < -0.3 is 11.1 Å². The summed E-state index contributed by atoms with van der Waals surface area (Å²) in [6, 6.07) is 8.49. The van der Waals surface area contributed by atoms with Crippen molar-refractivity contribution >= 4 is 5.91 Å². The normalized spacial score (nSPS) is 18.9. The van der Waals surface area contributed by atoms with Crippen molar-refractivity contribution in [2.45, 2.75) is 45.4 Å². The first-order valence-corrected chi connectivity index (χ1v) is 8.29. The zero-order valence-corrected chi connectivity index (χ0v) is 13.1. The van der Waals surface area contributed by atoms with Gasteiger partial charge in [0.1, 0.15) is 0 Å². The van der Waals surface area contributed by atoms with Crippen molar-refractivity contribution in [2.75, 3.05) is 13.1 Å². The molecule has 0 aliphatic heterocycles. The maximum atomic E-state index is 12.4. The van der Waals surface area contributed by atoms with E-state index in [1.54, 1.807) is 0 Å². The average Bonchev–Trinajstić information content (AvgIpc) is 2.52. The molecule has 3 N–H and O–H groups in total. The molecule has 1 aromatic carbocycles. The minimum Gasteiger partial charge on any atom is -0.356 e. The molecular formula is C18H28N2O. The molecule has 2 atom stereocenters. The van der Waals surface area contributed by atoms with E-state index >= 15 is 0 Å². The van der Waals surface area contributed by atoms with Gasteiger partial charge in [-0.1, -0.05) is 37.6 Å². The summed E-state index contributed by atoms with van der Waals surface area (Å²) < 4.78 is 0. The number of aryl methyl sites for hydroxylation is 1. The fourth-order valence-electron chi connectivity index (χ4n) is 3.30. The highest BCUT2D eigenvalue weighted by Gasteiger charge is 2.24. The Balaban J connectivity index is 1.84. The van der Waals surface area contributed by atoms with Crippen molar-refractivity contribution in [1.82, 2.24) is 5.32 Å². The number of nitrogens with two attached hydrogens (primary N) is 1. The summed E-state index contributed by atoms with van der Waals surface area (Å²) in [6.45, 7) is 3.67. The Morgan fingerprint density at radius 2 is 2.10 bits per heavy atom. The van der Waals surface area contributed by atoms with Crippen LogP contribution in [-0.2, 0) is 17.6 Å². The highest BCUT2D eigenvalue weighted by molar-refractivity contribution is 5.79. The van der Waals surface area contributed by atoms with Gasteiger partial charge in [-0.3, -0.25) is 4.79 Å². The molecule has 3 heteroatoms. The molecule has 0 fully saturated rings. The lowest BCUT2D eigenvalue weighted by molar-refractivity contribution is -0.125. The van der Waals surface area contributed by atoms with E-state index in [9.17, 15) is 4.79 Å². The SMILES string of the molecule is CCCC(CCN)CNC(=O)C1CCc2ccccc2C1. The van der Waals surface area contributed by atoms with Crippen LogP contribution < -0.4 is 11.1 Å². The first-order valence-electron chi connectivity index (χ1n) is 8.29. The molecule has 1 aliphatic carbocycles. The maximum absolute atomic E-state index is 12.4. The third-order valence-corrected chi connectivity index (χ3v) is 4.55. The first-order chi connectivity index (χ1) is 10.2. The molecule has 21 heavy (non-hydrogen) atoms. The van der Waals surface area contributed by atoms with Crippen LogP contribution in [0.5, 0.6) is 0 Å². The van der Waals surface area contributed by atoms with Crippen LogP contribution in [0.15, 0.2) is 24.3 Å². The number of rotatable bonds is 7. The highest BCUT2D eigenvalue weighted by atomic mass is 16.1. The molecule has 3 nitrogen and oxygen atoms in total. The smallest absolute Gasteiger partial charge is 0.223 e. The minimum atomic E-state index is 0.139. The van der Waals surface area contributed by atoms with Gasteiger partial charge in [0.15, 0.2) is 0 Å². The maximum Gasteiger partial charge on any atom is 0.223 e. The Morgan fingerprint density at radius 1 is 1.33 bits per heavy atom. The van der Waals surface area contributed by atoms with E-state index in [1.165, 1.54) is 11.1 Å². The lowest BCUT2D eigenvalue weighted by Gasteiger charge is -2.25. The van der Waals surface area contributed by atoms with Crippen LogP contribution in [0.25, 0.3) is 0 Å². The molecule has 2 unspecified atom stereocenters. The summed E-state index contributed by atoms with van der Waals surface area (Å²) in [5.74, 6) is 0.891. The second kappa shape index (κ2) is 8.18. The Kier molecular flexibility index (Phi) is 6.24. The Bertz CT molecular complexity index is 452. The predicted molar refractivity (Wildman–Crippen MR) is 87.0 cm³/mol. The lowest BCUT2D eigenvalue weighted by atomic mass is 9.83. The van der Waals surface area contributed by atoms with Gasteiger partial charge in [0.2, 0.25) is 5.91 Å². The summed E-state index contributed by atoms with van der Waals surface area (Å²) in [7, 11) is 0. The third kappa shape index (κ3) is 4.57. The topological polar surface area (TPSA) is 55.1 Å². The van der Waals surface area contributed by atoms with E-state index in [4.69, 9.17) is 5.73 Å². The van der Waals surface area contributed by atoms with Crippen molar-refractivity contribution < 1.29 is 4.79 Å². The minimum absolute atomic E-state index is 0.139. The quantitative estimate of drug-likeness (QED) is 0.810. The monoisotopic (exact) mass is 288 g/mol. The van der Waals surface area contributed by atoms with Crippen LogP contribution in [0, 0.1) is 11.8 Å². The van der Waals surface area contributed by atoms with Gasteiger partial charge in [0.25, 0.3) is 0 Å². The molecular weight excluding hydrogens is 260 g/mol. The second-order valence-corrected chi connectivity index (χ2v) is 6.19. The predicted octanol–water partition coefficient (Wildman–Crippen LogP) is 2.67. The average molecular weight is 288 g/mol. The molecule has 0 saturated heterocycles. The van der Waals surface area contributed by atoms with Gasteiger partial charge in [0.05, 0.1) is 0 Å². The van der Waals surface area contributed by atoms with Gasteiger partial charge in [-0.2, -0.15) is 0 Å². The van der Waals surface area contributed by atoms with Crippen LogP contribution in [0.1, 0.15) is 43.7 Å². The number of carbonyl (C=O) groups is 1. The van der Waals surface area contributed by atoms with Crippen molar-refractivity contribution in [1.29, 1.82) is 0 Å². The molecule has 0 bridgehead atoms. The molecule has 1 amide bonds. The largest absolute Gasteiger partial charge is 0.356 e. The number of fused-ring (bicyclic) bond motifs is 1. The number of amides is 1. The van der Waals surface area contributed by atoms with Crippen LogP contribution in [0.2, 0.25) is 0 Å². The van der Waals surface area contributed by atoms with Crippen molar-refractivity contribution in [2.24, 2.45) is 17.6 Å². The number of benzene rings is 1. The highest BCUT2D eigenvalue weighted by Crippen LogP contribution is 2.25. The molecule has 0 radical (unpaired) electrons. The van der Waals surface area contributed by atoms with E-state index in [1.807, 2.05) is 0 Å². The van der Waals surface area contributed by atoms with Crippen LogP contribution in [0.3, 0.4) is 0 Å². The van der Waals surface area contributed by atoms with E-state index in [0.29, 0.717) is 12.5 Å². The Morgan fingerprint density at radius 3 is 2.81 bits per heavy atom. The molecule has 0 heterocycles. The fourth-order valence-corrected chi connectivity index (χ4v) is 3.30. The summed E-state index contributed by atoms with van der Waals surface area (Å²) in [5.41, 5.74) is 8.40. The molecule has 2 rings (SSSR count). The third-order valence-electron chi connectivity index (χ3n) is 4.55. The van der Waals surface area contributed by atoms with Crippen molar-refractivity contribution in [3.63, 3.8) is 0 Å². The van der Waals surface area contributed by atoms with Crippen molar-refractivity contribution in [3.8, 4) is 0 Å².